The highest BCUT2D eigenvalue weighted by molar-refractivity contribution is 5.74. The molecule has 12 nitrogen and oxygen atoms in total. The minimum atomic E-state index is -1.91. The first kappa shape index (κ1) is 66.9. The number of unbranched alkanes of at least 4 members (excludes halogenated alkanes) is 19. The Kier molecular flexibility index (Phi) is 44.7. The van der Waals surface area contributed by atoms with Crippen LogP contribution in [0.25, 0.3) is 0 Å². The molecule has 1 fully saturated rings. The highest BCUT2D eigenvalue weighted by atomic mass is 16.7. The molecule has 0 amide bonds. The molecule has 0 saturated carbocycles. The van der Waals surface area contributed by atoms with Gasteiger partial charge in [0.1, 0.15) is 18.8 Å². The molecule has 0 aromatic heterocycles. The molecule has 3 N–H and O–H groups in total. The molecule has 0 aromatic rings. The van der Waals surface area contributed by atoms with Crippen LogP contribution in [0.3, 0.4) is 0 Å². The highest BCUT2D eigenvalue weighted by Gasteiger charge is 2.50. The molecule has 1 aliphatic rings. The fourth-order valence-electron chi connectivity index (χ4n) is 8.07. The Morgan fingerprint density at radius 2 is 0.863 bits per heavy atom. The van der Waals surface area contributed by atoms with Gasteiger partial charge < -0.3 is 39.0 Å². The van der Waals surface area contributed by atoms with Crippen LogP contribution >= 0.6 is 0 Å². The summed E-state index contributed by atoms with van der Waals surface area (Å²) in [4.78, 5) is 50.9. The first-order valence-corrected chi connectivity index (χ1v) is 28.6. The van der Waals surface area contributed by atoms with E-state index in [1.54, 1.807) is 0 Å². The van der Waals surface area contributed by atoms with Crippen LogP contribution < -0.4 is 0 Å². The lowest BCUT2D eigenvalue weighted by Crippen LogP contribution is -2.61. The topological polar surface area (TPSA) is 175 Å². The van der Waals surface area contributed by atoms with E-state index in [1.807, 2.05) is 0 Å². The highest BCUT2D eigenvalue weighted by Crippen LogP contribution is 2.26. The largest absolute Gasteiger partial charge is 0.479 e. The SMILES string of the molecule is CC/C=C\C/C=C\C/C=C\C/C=C\CCCCC(=O)OC(COC(=O)CCCCCCCC/C=C\C/C=C\C/C=C\CCCCC)COC1OC(C(=O)O)C(O)C(O)C1OC(=O)CCCCCCCCCCC. The van der Waals surface area contributed by atoms with Crippen molar-refractivity contribution in [2.45, 2.75) is 263 Å². The number of aliphatic hydroxyl groups is 2. The number of hydrogen-bond donors (Lipinski definition) is 3. The lowest BCUT2D eigenvalue weighted by molar-refractivity contribution is -0.301. The van der Waals surface area contributed by atoms with Crippen LogP contribution in [-0.2, 0) is 42.9 Å². The fourth-order valence-corrected chi connectivity index (χ4v) is 8.07. The van der Waals surface area contributed by atoms with E-state index in [0.717, 1.165) is 116 Å². The molecule has 1 rings (SSSR count). The quantitative estimate of drug-likeness (QED) is 0.0228. The van der Waals surface area contributed by atoms with Gasteiger partial charge in [-0.25, -0.2) is 4.79 Å². The third-order valence-corrected chi connectivity index (χ3v) is 12.5. The van der Waals surface area contributed by atoms with Gasteiger partial charge in [-0.1, -0.05) is 196 Å². The number of carboxylic acid groups (broad SMARTS) is 1. The molecule has 0 bridgehead atoms. The molecule has 0 radical (unpaired) electrons. The van der Waals surface area contributed by atoms with Gasteiger partial charge in [-0.05, 0) is 96.3 Å². The smallest absolute Gasteiger partial charge is 0.335 e. The van der Waals surface area contributed by atoms with Gasteiger partial charge in [0, 0.05) is 19.3 Å². The average Bonchev–Trinajstić information content (AvgIpc) is 3.37. The molecule has 0 aliphatic carbocycles. The third-order valence-electron chi connectivity index (χ3n) is 12.5. The molecular formula is C61H100O12. The van der Waals surface area contributed by atoms with Crippen LogP contribution in [0.5, 0.6) is 0 Å². The second-order valence-electron chi connectivity index (χ2n) is 19.2. The van der Waals surface area contributed by atoms with E-state index in [0.29, 0.717) is 19.3 Å². The molecule has 0 aromatic carbocycles. The van der Waals surface area contributed by atoms with Crippen LogP contribution in [0.4, 0.5) is 0 Å². The number of ether oxygens (including phenoxy) is 5. The summed E-state index contributed by atoms with van der Waals surface area (Å²) >= 11 is 0. The summed E-state index contributed by atoms with van der Waals surface area (Å²) in [5, 5.41) is 31.3. The number of aliphatic carboxylic acids is 1. The maximum atomic E-state index is 13.1. The molecule has 73 heavy (non-hydrogen) atoms. The molecule has 12 heteroatoms. The van der Waals surface area contributed by atoms with Crippen LogP contribution in [0.2, 0.25) is 0 Å². The summed E-state index contributed by atoms with van der Waals surface area (Å²) in [7, 11) is 0. The van der Waals surface area contributed by atoms with Crippen molar-refractivity contribution in [2.24, 2.45) is 0 Å². The lowest BCUT2D eigenvalue weighted by atomic mass is 9.98. The monoisotopic (exact) mass is 1020 g/mol. The molecule has 6 atom stereocenters. The minimum Gasteiger partial charge on any atom is -0.479 e. The number of carbonyl (C=O) groups excluding carboxylic acids is 3. The molecule has 6 unspecified atom stereocenters. The van der Waals surface area contributed by atoms with Crippen molar-refractivity contribution < 1.29 is 58.2 Å². The van der Waals surface area contributed by atoms with Gasteiger partial charge in [0.2, 0.25) is 0 Å². The van der Waals surface area contributed by atoms with Gasteiger partial charge in [0.25, 0.3) is 0 Å². The number of esters is 3. The van der Waals surface area contributed by atoms with Crippen molar-refractivity contribution in [3.05, 3.63) is 85.1 Å². The zero-order chi connectivity index (χ0) is 53.3. The van der Waals surface area contributed by atoms with Crippen LogP contribution in [0.1, 0.15) is 226 Å². The van der Waals surface area contributed by atoms with Crippen LogP contribution in [0.15, 0.2) is 85.1 Å². The Labute approximate surface area is 441 Å². The van der Waals surface area contributed by atoms with Gasteiger partial charge in [0.15, 0.2) is 24.6 Å². The minimum absolute atomic E-state index is 0.0521. The predicted molar refractivity (Wildman–Crippen MR) is 294 cm³/mol. The summed E-state index contributed by atoms with van der Waals surface area (Å²) < 4.78 is 28.3. The first-order chi connectivity index (χ1) is 35.6. The lowest BCUT2D eigenvalue weighted by Gasteiger charge is -2.40. The normalized spacial score (nSPS) is 18.9. The van der Waals surface area contributed by atoms with Crippen molar-refractivity contribution >= 4 is 23.9 Å². The third kappa shape index (κ3) is 39.0. The van der Waals surface area contributed by atoms with E-state index in [4.69, 9.17) is 23.7 Å². The molecule has 1 heterocycles. The van der Waals surface area contributed by atoms with Crippen LogP contribution in [-0.4, -0.2) is 89.2 Å². The summed E-state index contributed by atoms with van der Waals surface area (Å²) in [5.74, 6) is -3.20. The van der Waals surface area contributed by atoms with E-state index in [2.05, 4.69) is 106 Å². The van der Waals surface area contributed by atoms with Crippen molar-refractivity contribution in [3.63, 3.8) is 0 Å². The Hall–Kier alpha value is -4.10. The predicted octanol–water partition coefficient (Wildman–Crippen LogP) is 14.3. The Bertz CT molecular complexity index is 1590. The van der Waals surface area contributed by atoms with E-state index >= 15 is 0 Å². The average molecular weight is 1030 g/mol. The Morgan fingerprint density at radius 1 is 0.466 bits per heavy atom. The van der Waals surface area contributed by atoms with Gasteiger partial charge in [-0.15, -0.1) is 0 Å². The summed E-state index contributed by atoms with van der Waals surface area (Å²) in [6.07, 6.45) is 50.0. The maximum absolute atomic E-state index is 13.1. The number of allylic oxidation sites excluding steroid dienone is 14. The Morgan fingerprint density at radius 3 is 1.37 bits per heavy atom. The number of hydrogen-bond acceptors (Lipinski definition) is 11. The second kappa shape index (κ2) is 48.8. The molecule has 416 valence electrons. The van der Waals surface area contributed by atoms with Crippen molar-refractivity contribution in [2.75, 3.05) is 13.2 Å². The number of carboxylic acids is 1. The molecule has 1 saturated heterocycles. The molecular weight excluding hydrogens is 925 g/mol. The fraction of sp³-hybridized carbons (Fsp3) is 0.705. The first-order valence-electron chi connectivity index (χ1n) is 28.6. The molecule has 0 spiro atoms. The zero-order valence-electron chi connectivity index (χ0n) is 45.6. The van der Waals surface area contributed by atoms with E-state index in [-0.39, 0.29) is 25.9 Å². The number of aliphatic hydroxyl groups excluding tert-OH is 2. The van der Waals surface area contributed by atoms with Gasteiger partial charge in [-0.3, -0.25) is 14.4 Å². The standard InChI is InChI=1S/C61H100O12/c1-4-7-10-13-16-19-21-23-25-26-27-28-30-31-33-36-38-41-44-47-53(62)69-50-52(71-54(63)48-45-42-40-37-34-32-29-24-22-20-17-14-11-8-5-2)51-70-61-59(57(66)56(65)58(73-61)60(67)68)72-55(64)49-46-43-39-35-18-15-12-9-6-3/h8,11,16-17,19-20,23-25,27-29,34,37,52,56-59,61,65-66H,4-7,9-10,12-15,18,21-22,26,30-33,35-36,38-51H2,1-3H3,(H,67,68)/b11-8-,19-16-,20-17-,25-23-,28-27-,29-24-,37-34-. The van der Waals surface area contributed by atoms with E-state index in [1.165, 1.54) is 51.4 Å². The summed E-state index contributed by atoms with van der Waals surface area (Å²) in [6.45, 7) is 5.76. The van der Waals surface area contributed by atoms with Gasteiger partial charge in [-0.2, -0.15) is 0 Å². The van der Waals surface area contributed by atoms with Crippen molar-refractivity contribution in [1.29, 1.82) is 0 Å². The van der Waals surface area contributed by atoms with Crippen LogP contribution in [0, 0.1) is 0 Å². The van der Waals surface area contributed by atoms with Crippen molar-refractivity contribution in [1.82, 2.24) is 0 Å². The molecule has 1 aliphatic heterocycles. The summed E-state index contributed by atoms with van der Waals surface area (Å²) in [5.41, 5.74) is 0. The summed E-state index contributed by atoms with van der Waals surface area (Å²) in [6, 6.07) is 0. The van der Waals surface area contributed by atoms with Crippen molar-refractivity contribution in [3.8, 4) is 0 Å². The van der Waals surface area contributed by atoms with Gasteiger partial charge >= 0.3 is 23.9 Å². The van der Waals surface area contributed by atoms with E-state index < -0.39 is 67.3 Å². The van der Waals surface area contributed by atoms with Gasteiger partial charge in [0.05, 0.1) is 6.61 Å². The zero-order valence-corrected chi connectivity index (χ0v) is 45.6. The number of carbonyl (C=O) groups is 4. The maximum Gasteiger partial charge on any atom is 0.335 e. The van der Waals surface area contributed by atoms with E-state index in [9.17, 15) is 34.5 Å². The Balaban J connectivity index is 2.71. The second-order valence-corrected chi connectivity index (χ2v) is 19.2. The number of rotatable bonds is 47.